The summed E-state index contributed by atoms with van der Waals surface area (Å²) in [6.07, 6.45) is 2.48. The number of nitrogens with zero attached hydrogens (tertiary/aromatic N) is 5. The molecule has 208 valence electrons. The summed E-state index contributed by atoms with van der Waals surface area (Å²) in [4.78, 5) is 32.8. The maximum Gasteiger partial charge on any atom is 0.287 e. The Labute approximate surface area is 249 Å². The fraction of sp³-hybridized carbons (Fsp3) is 0.0345. The summed E-state index contributed by atoms with van der Waals surface area (Å²) in [7, 11) is 1.56. The number of hydrogen-bond donors (Lipinski definition) is 0. The first-order valence-electron chi connectivity index (χ1n) is 12.2. The summed E-state index contributed by atoms with van der Waals surface area (Å²) in [5.74, 6) is 1.43. The second kappa shape index (κ2) is 11.1. The second-order valence-corrected chi connectivity index (χ2v) is 10.1. The Kier molecular flexibility index (Phi) is 7.15. The van der Waals surface area contributed by atoms with Gasteiger partial charge in [-0.05, 0) is 58.4 Å². The van der Waals surface area contributed by atoms with Gasteiger partial charge in [-0.15, -0.1) is 0 Å². The van der Waals surface area contributed by atoms with E-state index < -0.39 is 10.5 Å². The number of methoxy groups -OCH3 is 1. The molecule has 6 rings (SSSR count). The Morgan fingerprint density at radius 1 is 1.10 bits per heavy atom. The van der Waals surface area contributed by atoms with Crippen LogP contribution in [-0.4, -0.2) is 32.9 Å². The van der Waals surface area contributed by atoms with Gasteiger partial charge >= 0.3 is 0 Å². The number of pyridine rings is 1. The van der Waals surface area contributed by atoms with Gasteiger partial charge in [-0.25, -0.2) is 9.97 Å². The third-order valence-corrected chi connectivity index (χ3v) is 7.01. The second-order valence-electron chi connectivity index (χ2n) is 8.82. The normalized spacial score (nSPS) is 11.4. The van der Waals surface area contributed by atoms with Crippen molar-refractivity contribution >= 4 is 61.3 Å². The molecule has 0 bridgehead atoms. The predicted octanol–water partition coefficient (Wildman–Crippen LogP) is 7.21. The van der Waals surface area contributed by atoms with Crippen molar-refractivity contribution in [1.29, 1.82) is 0 Å². The molecule has 0 atom stereocenters. The molecule has 0 radical (unpaired) electrons. The molecule has 0 spiro atoms. The van der Waals surface area contributed by atoms with E-state index in [0.29, 0.717) is 48.4 Å². The van der Waals surface area contributed by atoms with Crippen molar-refractivity contribution in [3.05, 3.63) is 115 Å². The molecule has 0 unspecified atom stereocenters. The van der Waals surface area contributed by atoms with Gasteiger partial charge in [0.25, 0.3) is 11.2 Å². The van der Waals surface area contributed by atoms with Crippen molar-refractivity contribution in [2.24, 2.45) is 5.10 Å². The van der Waals surface area contributed by atoms with E-state index in [9.17, 15) is 14.9 Å². The van der Waals surface area contributed by atoms with Crippen molar-refractivity contribution in [2.75, 3.05) is 7.11 Å². The van der Waals surface area contributed by atoms with Crippen LogP contribution in [0.3, 0.4) is 0 Å². The zero-order valence-electron chi connectivity index (χ0n) is 21.5. The number of nitro groups is 1. The molecule has 0 saturated heterocycles. The van der Waals surface area contributed by atoms with Crippen molar-refractivity contribution < 1.29 is 18.8 Å². The molecule has 3 aromatic carbocycles. The van der Waals surface area contributed by atoms with Gasteiger partial charge in [0.2, 0.25) is 11.7 Å². The maximum atomic E-state index is 13.7. The third-order valence-electron chi connectivity index (χ3n) is 6.20. The Morgan fingerprint density at radius 2 is 1.93 bits per heavy atom. The highest BCUT2D eigenvalue weighted by Gasteiger charge is 2.19. The molecule has 42 heavy (non-hydrogen) atoms. The molecular formula is C29H17BrClN5O6. The average Bonchev–Trinajstić information content (AvgIpc) is 3.43. The molecule has 0 amide bonds. The molecule has 13 heteroatoms. The number of fused-ring (bicyclic) bond motifs is 2. The van der Waals surface area contributed by atoms with Crippen LogP contribution >= 0.6 is 27.5 Å². The Hall–Kier alpha value is -5.07. The molecule has 0 aliphatic rings. The fourth-order valence-electron chi connectivity index (χ4n) is 4.26. The topological polar surface area (TPSA) is 135 Å². The Balaban J connectivity index is 1.49. The molecule has 0 aliphatic heterocycles. The highest BCUT2D eigenvalue weighted by molar-refractivity contribution is 9.10. The van der Waals surface area contributed by atoms with E-state index in [2.05, 4.69) is 26.0 Å². The van der Waals surface area contributed by atoms with Gasteiger partial charge < -0.3 is 13.9 Å². The minimum absolute atomic E-state index is 0.0970. The minimum atomic E-state index is -0.557. The number of ether oxygens (including phenoxy) is 2. The summed E-state index contributed by atoms with van der Waals surface area (Å²) in [6.45, 7) is 0. The molecule has 3 heterocycles. The first-order valence-corrected chi connectivity index (χ1v) is 13.4. The Bertz CT molecular complexity index is 2090. The molecule has 0 N–H and O–H groups in total. The number of furan rings is 1. The van der Waals surface area contributed by atoms with Crippen LogP contribution in [0.1, 0.15) is 5.56 Å². The average molecular weight is 647 g/mol. The van der Waals surface area contributed by atoms with Crippen molar-refractivity contribution in [3.63, 3.8) is 0 Å². The Morgan fingerprint density at radius 3 is 2.69 bits per heavy atom. The zero-order valence-corrected chi connectivity index (χ0v) is 23.9. The highest BCUT2D eigenvalue weighted by atomic mass is 79.9. The maximum absolute atomic E-state index is 13.7. The van der Waals surface area contributed by atoms with Crippen LogP contribution in [0, 0.1) is 10.1 Å². The lowest BCUT2D eigenvalue weighted by molar-refractivity contribution is -0.385. The molecule has 0 fully saturated rings. The number of hydrogen-bond acceptors (Lipinski definition) is 9. The number of halogens is 2. The van der Waals surface area contributed by atoms with Gasteiger partial charge in [0.1, 0.15) is 17.5 Å². The van der Waals surface area contributed by atoms with E-state index in [1.54, 1.807) is 67.8 Å². The van der Waals surface area contributed by atoms with Crippen LogP contribution in [-0.2, 0) is 0 Å². The summed E-state index contributed by atoms with van der Waals surface area (Å²) >= 11 is 9.76. The lowest BCUT2D eigenvalue weighted by Crippen LogP contribution is -2.20. The first-order chi connectivity index (χ1) is 20.3. The van der Waals surface area contributed by atoms with Crippen LogP contribution in [0.15, 0.2) is 97.8 Å². The van der Waals surface area contributed by atoms with Crippen LogP contribution in [0.2, 0.25) is 5.02 Å². The zero-order chi connectivity index (χ0) is 29.4. The lowest BCUT2D eigenvalue weighted by atomic mass is 10.2. The summed E-state index contributed by atoms with van der Waals surface area (Å²) in [5, 5.41) is 16.9. The van der Waals surface area contributed by atoms with Crippen molar-refractivity contribution in [1.82, 2.24) is 14.6 Å². The van der Waals surface area contributed by atoms with Crippen LogP contribution in [0.25, 0.3) is 33.5 Å². The van der Waals surface area contributed by atoms with E-state index >= 15 is 0 Å². The van der Waals surface area contributed by atoms with E-state index in [1.165, 1.54) is 18.3 Å². The van der Waals surface area contributed by atoms with E-state index in [-0.39, 0.29) is 23.1 Å². The van der Waals surface area contributed by atoms with Crippen LogP contribution in [0.4, 0.5) is 5.69 Å². The van der Waals surface area contributed by atoms with E-state index in [0.717, 1.165) is 10.9 Å². The number of rotatable bonds is 7. The third kappa shape index (κ3) is 5.08. The number of para-hydroxylation sites is 1. The summed E-state index contributed by atoms with van der Waals surface area (Å²) in [5.41, 5.74) is 0.785. The lowest BCUT2D eigenvalue weighted by Gasteiger charge is -2.11. The van der Waals surface area contributed by atoms with Crippen LogP contribution < -0.4 is 15.0 Å². The van der Waals surface area contributed by atoms with Gasteiger partial charge in [-0.2, -0.15) is 9.78 Å². The molecule has 11 nitrogen and oxygen atoms in total. The SMILES string of the molecule is COc1cccc2oc(-c3nc4ccccc4c(=O)n3N=Cc3cc(Cl)cc(Br)c3Oc3ccc([N+](=O)[O-])cn3)cc12. The highest BCUT2D eigenvalue weighted by Crippen LogP contribution is 2.36. The standard InChI is InChI=1S/C29H17BrClN5O6/c1-40-23-7-4-8-24-20(23)13-25(41-24)28-34-22-6-3-2-5-19(22)29(37)35(28)33-14-16-11-17(31)12-21(30)27(16)42-26-10-9-18(15-32-26)36(38)39/h2-15H,1H3. The van der Waals surface area contributed by atoms with Crippen molar-refractivity contribution in [3.8, 4) is 29.0 Å². The van der Waals surface area contributed by atoms with E-state index in [4.69, 9.17) is 30.5 Å². The number of benzene rings is 3. The van der Waals surface area contributed by atoms with Crippen molar-refractivity contribution in [2.45, 2.75) is 0 Å². The van der Waals surface area contributed by atoms with Gasteiger partial charge in [-0.1, -0.05) is 29.8 Å². The van der Waals surface area contributed by atoms with E-state index in [1.807, 2.05) is 0 Å². The summed E-state index contributed by atoms with van der Waals surface area (Å²) in [6, 6.07) is 19.9. The van der Waals surface area contributed by atoms with Crippen LogP contribution in [0.5, 0.6) is 17.4 Å². The first kappa shape index (κ1) is 27.1. The molecular weight excluding hydrogens is 630 g/mol. The van der Waals surface area contributed by atoms with Gasteiger partial charge in [0.05, 0.1) is 39.0 Å². The molecule has 6 aromatic rings. The fourth-order valence-corrected chi connectivity index (χ4v) is 5.18. The molecule has 3 aromatic heterocycles. The monoisotopic (exact) mass is 645 g/mol. The van der Waals surface area contributed by atoms with Gasteiger partial charge in [0.15, 0.2) is 11.5 Å². The van der Waals surface area contributed by atoms with Gasteiger partial charge in [-0.3, -0.25) is 14.9 Å². The largest absolute Gasteiger partial charge is 0.496 e. The smallest absolute Gasteiger partial charge is 0.287 e. The quantitative estimate of drug-likeness (QED) is 0.101. The summed E-state index contributed by atoms with van der Waals surface area (Å²) < 4.78 is 19.1. The molecule has 0 aliphatic carbocycles. The predicted molar refractivity (Wildman–Crippen MR) is 161 cm³/mol. The minimum Gasteiger partial charge on any atom is -0.496 e. The van der Waals surface area contributed by atoms with Gasteiger partial charge in [0, 0.05) is 22.7 Å². The number of aromatic nitrogens is 3. The molecule has 0 saturated carbocycles.